The van der Waals surface area contributed by atoms with Crippen LogP contribution in [0.25, 0.3) is 0 Å². The van der Waals surface area contributed by atoms with Gasteiger partial charge in [0.2, 0.25) is 5.91 Å². The fourth-order valence-electron chi connectivity index (χ4n) is 6.11. The number of nitrogens with zero attached hydrogens (tertiary/aromatic N) is 1. The van der Waals surface area contributed by atoms with Gasteiger partial charge in [-0.1, -0.05) is 0 Å². The van der Waals surface area contributed by atoms with E-state index in [1.165, 1.54) is 38.5 Å². The SMILES string of the molecule is CCOc1cc(/C=N\NC(=O)CC23CC4CC(CC(C4)C2)C3)ccc1OC. The van der Waals surface area contributed by atoms with Crippen LogP contribution in [0.2, 0.25) is 0 Å². The average Bonchev–Trinajstić information content (AvgIpc) is 2.60. The molecule has 0 spiro atoms. The Morgan fingerprint density at radius 1 is 1.19 bits per heavy atom. The summed E-state index contributed by atoms with van der Waals surface area (Å²) < 4.78 is 10.9. The van der Waals surface area contributed by atoms with E-state index < -0.39 is 0 Å². The van der Waals surface area contributed by atoms with E-state index in [0.29, 0.717) is 24.5 Å². The fourth-order valence-corrected chi connectivity index (χ4v) is 6.11. The van der Waals surface area contributed by atoms with Crippen molar-refractivity contribution in [2.75, 3.05) is 13.7 Å². The summed E-state index contributed by atoms with van der Waals surface area (Å²) in [5.41, 5.74) is 3.86. The highest BCUT2D eigenvalue weighted by Crippen LogP contribution is 2.61. The Kier molecular flexibility index (Phi) is 5.11. The van der Waals surface area contributed by atoms with Crippen LogP contribution < -0.4 is 14.9 Å². The molecule has 0 aliphatic heterocycles. The third kappa shape index (κ3) is 3.97. The third-order valence-electron chi connectivity index (χ3n) is 6.59. The van der Waals surface area contributed by atoms with E-state index in [9.17, 15) is 4.79 Å². The number of nitrogens with one attached hydrogen (secondary N) is 1. The lowest BCUT2D eigenvalue weighted by Crippen LogP contribution is -2.47. The van der Waals surface area contributed by atoms with Gasteiger partial charge in [0.15, 0.2) is 11.5 Å². The number of rotatable bonds is 7. The van der Waals surface area contributed by atoms with Crippen LogP contribution in [0, 0.1) is 23.2 Å². The number of hydrogen-bond donors (Lipinski definition) is 1. The summed E-state index contributed by atoms with van der Waals surface area (Å²) >= 11 is 0. The molecular weight excluding hydrogens is 340 g/mol. The first-order chi connectivity index (χ1) is 13.1. The molecule has 146 valence electrons. The molecule has 4 aliphatic carbocycles. The monoisotopic (exact) mass is 370 g/mol. The van der Waals surface area contributed by atoms with Gasteiger partial charge in [0, 0.05) is 6.42 Å². The highest BCUT2D eigenvalue weighted by molar-refractivity contribution is 5.83. The topological polar surface area (TPSA) is 59.9 Å². The molecule has 0 radical (unpaired) electrons. The Hall–Kier alpha value is -2.04. The standard InChI is InChI=1S/C22H30N2O3/c1-3-27-20-9-15(4-5-19(20)26-2)14-23-24-21(25)13-22-10-16-6-17(11-22)8-18(7-16)12-22/h4-5,9,14,16-18H,3,6-8,10-13H2,1-2H3,(H,24,25)/b23-14-. The summed E-state index contributed by atoms with van der Waals surface area (Å²) in [7, 11) is 1.62. The van der Waals surface area contributed by atoms with E-state index in [2.05, 4.69) is 10.5 Å². The van der Waals surface area contributed by atoms with Crippen molar-refractivity contribution in [2.24, 2.45) is 28.3 Å². The number of hydrazone groups is 1. The summed E-state index contributed by atoms with van der Waals surface area (Å²) in [5, 5.41) is 4.18. The van der Waals surface area contributed by atoms with E-state index in [-0.39, 0.29) is 11.3 Å². The highest BCUT2D eigenvalue weighted by Gasteiger charge is 2.51. The van der Waals surface area contributed by atoms with Crippen LogP contribution >= 0.6 is 0 Å². The second-order valence-electron chi connectivity index (χ2n) is 8.73. The normalized spacial score (nSPS) is 31.3. The summed E-state index contributed by atoms with van der Waals surface area (Å²) in [6.07, 6.45) is 10.2. The van der Waals surface area contributed by atoms with Crippen molar-refractivity contribution in [3.63, 3.8) is 0 Å². The smallest absolute Gasteiger partial charge is 0.240 e. The molecule has 1 aromatic carbocycles. The Morgan fingerprint density at radius 2 is 1.85 bits per heavy atom. The number of methoxy groups -OCH3 is 1. The largest absolute Gasteiger partial charge is 0.493 e. The maximum Gasteiger partial charge on any atom is 0.240 e. The molecule has 5 heteroatoms. The molecule has 4 aliphatic rings. The van der Waals surface area contributed by atoms with E-state index >= 15 is 0 Å². The maximum atomic E-state index is 12.5. The fraction of sp³-hybridized carbons (Fsp3) is 0.636. The molecule has 0 atom stereocenters. The molecule has 1 amide bonds. The molecule has 5 rings (SSSR count). The molecular formula is C22H30N2O3. The van der Waals surface area contributed by atoms with Gasteiger partial charge >= 0.3 is 0 Å². The summed E-state index contributed by atoms with van der Waals surface area (Å²) in [4.78, 5) is 12.5. The van der Waals surface area contributed by atoms with Crippen LogP contribution in [0.1, 0.15) is 57.4 Å². The van der Waals surface area contributed by atoms with Gasteiger partial charge in [-0.3, -0.25) is 4.79 Å². The van der Waals surface area contributed by atoms with Gasteiger partial charge in [-0.05, 0) is 92.4 Å². The van der Waals surface area contributed by atoms with E-state index in [1.807, 2.05) is 25.1 Å². The number of hydrogen-bond acceptors (Lipinski definition) is 4. The van der Waals surface area contributed by atoms with Crippen LogP contribution in [0.4, 0.5) is 0 Å². The van der Waals surface area contributed by atoms with Crippen molar-refractivity contribution >= 4 is 12.1 Å². The number of ether oxygens (including phenoxy) is 2. The number of amides is 1. The van der Waals surface area contributed by atoms with Gasteiger partial charge < -0.3 is 9.47 Å². The Bertz CT molecular complexity index is 693. The molecule has 27 heavy (non-hydrogen) atoms. The highest BCUT2D eigenvalue weighted by atomic mass is 16.5. The van der Waals surface area contributed by atoms with Gasteiger partial charge in [-0.2, -0.15) is 5.10 Å². The van der Waals surface area contributed by atoms with Crippen molar-refractivity contribution in [3.8, 4) is 11.5 Å². The number of benzene rings is 1. The zero-order valence-corrected chi connectivity index (χ0v) is 16.4. The van der Waals surface area contributed by atoms with Gasteiger partial charge in [-0.25, -0.2) is 5.43 Å². The first-order valence-corrected chi connectivity index (χ1v) is 10.2. The maximum absolute atomic E-state index is 12.5. The predicted molar refractivity (Wildman–Crippen MR) is 105 cm³/mol. The van der Waals surface area contributed by atoms with Gasteiger partial charge in [0.1, 0.15) is 0 Å². The molecule has 0 saturated heterocycles. The Balaban J connectivity index is 1.35. The zero-order chi connectivity index (χ0) is 18.9. The van der Waals surface area contributed by atoms with Gasteiger partial charge in [0.25, 0.3) is 0 Å². The van der Waals surface area contributed by atoms with Crippen LogP contribution in [-0.2, 0) is 4.79 Å². The molecule has 0 aromatic heterocycles. The second-order valence-corrected chi connectivity index (χ2v) is 8.73. The molecule has 4 bridgehead atoms. The lowest BCUT2D eigenvalue weighted by atomic mass is 9.49. The minimum Gasteiger partial charge on any atom is -0.493 e. The van der Waals surface area contributed by atoms with Crippen molar-refractivity contribution in [2.45, 2.75) is 51.9 Å². The number of carbonyl (C=O) groups is 1. The minimum atomic E-state index is 0.0479. The Morgan fingerprint density at radius 3 is 2.44 bits per heavy atom. The number of carbonyl (C=O) groups excluding carboxylic acids is 1. The lowest BCUT2D eigenvalue weighted by molar-refractivity contribution is -0.129. The molecule has 1 N–H and O–H groups in total. The van der Waals surface area contributed by atoms with Crippen LogP contribution in [0.5, 0.6) is 11.5 Å². The summed E-state index contributed by atoms with van der Waals surface area (Å²) in [6.45, 7) is 2.50. The Labute approximate surface area is 161 Å². The van der Waals surface area contributed by atoms with Crippen molar-refractivity contribution in [3.05, 3.63) is 23.8 Å². The lowest BCUT2D eigenvalue weighted by Gasteiger charge is -2.56. The minimum absolute atomic E-state index is 0.0479. The molecule has 0 unspecified atom stereocenters. The average molecular weight is 370 g/mol. The van der Waals surface area contributed by atoms with Crippen molar-refractivity contribution in [1.29, 1.82) is 0 Å². The predicted octanol–water partition coefficient (Wildman–Crippen LogP) is 4.15. The quantitative estimate of drug-likeness (QED) is 0.579. The van der Waals surface area contributed by atoms with Crippen LogP contribution in [-0.4, -0.2) is 25.8 Å². The first-order valence-electron chi connectivity index (χ1n) is 10.2. The van der Waals surface area contributed by atoms with Crippen molar-refractivity contribution < 1.29 is 14.3 Å². The molecule has 4 saturated carbocycles. The third-order valence-corrected chi connectivity index (χ3v) is 6.59. The molecule has 1 aromatic rings. The molecule has 5 nitrogen and oxygen atoms in total. The molecule has 4 fully saturated rings. The zero-order valence-electron chi connectivity index (χ0n) is 16.4. The van der Waals surface area contributed by atoms with Crippen LogP contribution in [0.15, 0.2) is 23.3 Å². The van der Waals surface area contributed by atoms with E-state index in [0.717, 1.165) is 23.3 Å². The van der Waals surface area contributed by atoms with Gasteiger partial charge in [-0.15, -0.1) is 0 Å². The van der Waals surface area contributed by atoms with E-state index in [1.54, 1.807) is 13.3 Å². The first kappa shape index (κ1) is 18.3. The second kappa shape index (κ2) is 7.53. The molecule has 0 heterocycles. The summed E-state index contributed by atoms with van der Waals surface area (Å²) in [6, 6.07) is 5.62. The van der Waals surface area contributed by atoms with Gasteiger partial charge in [0.05, 0.1) is 19.9 Å². The van der Waals surface area contributed by atoms with Crippen molar-refractivity contribution in [1.82, 2.24) is 5.43 Å². The van der Waals surface area contributed by atoms with E-state index in [4.69, 9.17) is 9.47 Å². The van der Waals surface area contributed by atoms with Crippen LogP contribution in [0.3, 0.4) is 0 Å². The summed E-state index contributed by atoms with van der Waals surface area (Å²) in [5.74, 6) is 4.02.